The van der Waals surface area contributed by atoms with Gasteiger partial charge < -0.3 is 19.3 Å². The lowest BCUT2D eigenvalue weighted by Gasteiger charge is -2.23. The number of carbonyl (C=O) groups is 1. The van der Waals surface area contributed by atoms with Gasteiger partial charge in [0.15, 0.2) is 11.5 Å². The highest BCUT2D eigenvalue weighted by Gasteiger charge is 2.34. The Balaban J connectivity index is 1.32. The van der Waals surface area contributed by atoms with E-state index in [0.717, 1.165) is 18.4 Å². The number of carbonyl (C=O) groups excluding carboxylic acids is 1. The fourth-order valence-corrected chi connectivity index (χ4v) is 3.59. The lowest BCUT2D eigenvalue weighted by atomic mass is 10.0. The number of nitrogens with one attached hydrogen (secondary N) is 1. The number of alkyl halides is 2. The highest BCUT2D eigenvalue weighted by atomic mass is 19.3. The number of aromatic nitrogens is 2. The summed E-state index contributed by atoms with van der Waals surface area (Å²) in [5.74, 6) is 0.870. The molecule has 2 aromatic carbocycles. The van der Waals surface area contributed by atoms with Gasteiger partial charge >= 0.3 is 6.43 Å². The van der Waals surface area contributed by atoms with Crippen LogP contribution in [0.15, 0.2) is 47.0 Å². The molecule has 2 aliphatic rings. The first-order valence-electron chi connectivity index (χ1n) is 10.0. The van der Waals surface area contributed by atoms with Crippen LogP contribution in [0.4, 0.5) is 8.78 Å². The Kier molecular flexibility index (Phi) is 5.01. The van der Waals surface area contributed by atoms with Crippen LogP contribution in [0.25, 0.3) is 11.4 Å². The third kappa shape index (κ3) is 4.08. The van der Waals surface area contributed by atoms with Crippen LogP contribution in [0, 0.1) is 5.92 Å². The molecule has 3 aromatic rings. The van der Waals surface area contributed by atoms with E-state index in [-0.39, 0.29) is 17.8 Å². The van der Waals surface area contributed by atoms with Gasteiger partial charge in [-0.25, -0.2) is 0 Å². The summed E-state index contributed by atoms with van der Waals surface area (Å²) >= 11 is 0. The van der Waals surface area contributed by atoms with Gasteiger partial charge in [0.05, 0.1) is 6.04 Å². The molecule has 160 valence electrons. The Labute approximate surface area is 176 Å². The van der Waals surface area contributed by atoms with Crippen LogP contribution < -0.4 is 14.8 Å². The van der Waals surface area contributed by atoms with E-state index in [1.54, 1.807) is 24.3 Å². The number of hydrogen-bond donors (Lipinski definition) is 1. The minimum Gasteiger partial charge on any atom is -0.486 e. The molecule has 0 bridgehead atoms. The summed E-state index contributed by atoms with van der Waals surface area (Å²) in [6, 6.07) is 12.0. The molecule has 31 heavy (non-hydrogen) atoms. The zero-order valence-corrected chi connectivity index (χ0v) is 16.4. The molecule has 0 saturated heterocycles. The fraction of sp³-hybridized carbons (Fsp3) is 0.318. The van der Waals surface area contributed by atoms with Gasteiger partial charge in [0.25, 0.3) is 11.8 Å². The third-order valence-corrected chi connectivity index (χ3v) is 5.34. The minimum absolute atomic E-state index is 0.0504. The smallest absolute Gasteiger partial charge is 0.315 e. The number of rotatable bonds is 6. The van der Waals surface area contributed by atoms with Gasteiger partial charge in [-0.05, 0) is 48.6 Å². The molecule has 9 heteroatoms. The molecule has 1 saturated carbocycles. The number of benzene rings is 2. The second kappa shape index (κ2) is 7.98. The molecule has 1 amide bonds. The Hall–Kier alpha value is -3.49. The van der Waals surface area contributed by atoms with Gasteiger partial charge in [-0.3, -0.25) is 4.79 Å². The van der Waals surface area contributed by atoms with Crippen molar-refractivity contribution < 1.29 is 27.6 Å². The molecule has 1 N–H and O–H groups in total. The van der Waals surface area contributed by atoms with Crippen LogP contribution in [0.3, 0.4) is 0 Å². The first-order valence-corrected chi connectivity index (χ1v) is 10.0. The highest BCUT2D eigenvalue weighted by Crippen LogP contribution is 2.43. The maximum Gasteiger partial charge on any atom is 0.315 e. The molecular weight excluding hydrogens is 408 g/mol. The summed E-state index contributed by atoms with van der Waals surface area (Å²) in [4.78, 5) is 16.5. The molecule has 2 heterocycles. The summed E-state index contributed by atoms with van der Waals surface area (Å²) in [5, 5.41) is 6.66. The van der Waals surface area contributed by atoms with Crippen LogP contribution in [0.1, 0.15) is 47.1 Å². The first-order chi connectivity index (χ1) is 15.1. The highest BCUT2D eigenvalue weighted by molar-refractivity contribution is 5.94. The minimum atomic E-state index is -2.83. The Morgan fingerprint density at radius 3 is 2.45 bits per heavy atom. The lowest BCUT2D eigenvalue weighted by molar-refractivity contribution is 0.0931. The second-order valence-electron chi connectivity index (χ2n) is 7.53. The summed E-state index contributed by atoms with van der Waals surface area (Å²) in [6.45, 7) is 1.03. The molecule has 1 atom stereocenters. The van der Waals surface area contributed by atoms with E-state index in [0.29, 0.717) is 41.8 Å². The van der Waals surface area contributed by atoms with Crippen molar-refractivity contribution in [3.05, 3.63) is 59.5 Å². The van der Waals surface area contributed by atoms with Crippen LogP contribution in [0.5, 0.6) is 11.5 Å². The van der Waals surface area contributed by atoms with Crippen molar-refractivity contribution in [3.63, 3.8) is 0 Å². The molecular formula is C22H19F2N3O4. The number of ether oxygens (including phenoxy) is 2. The number of hydrogen-bond acceptors (Lipinski definition) is 6. The molecule has 5 rings (SSSR count). The van der Waals surface area contributed by atoms with Gasteiger partial charge in [-0.15, -0.1) is 0 Å². The van der Waals surface area contributed by atoms with Crippen LogP contribution in [-0.2, 0) is 0 Å². The van der Waals surface area contributed by atoms with E-state index in [4.69, 9.17) is 9.47 Å². The van der Waals surface area contributed by atoms with Gasteiger partial charge in [0.2, 0.25) is 5.82 Å². The van der Waals surface area contributed by atoms with E-state index < -0.39 is 12.3 Å². The summed E-state index contributed by atoms with van der Waals surface area (Å²) < 4.78 is 41.0. The van der Waals surface area contributed by atoms with Gasteiger partial charge in [-0.1, -0.05) is 23.4 Å². The standard InChI is InChI=1S/C22H19F2N3O4/c23-19(24)22-26-20(27-31-22)13-3-5-14(6-4-13)21(28)25-18(12-1-2-12)15-7-8-16-17(11-15)30-10-9-29-16/h3-8,11-12,18-19H,1-2,9-10H2,(H,25,28). The van der Waals surface area contributed by atoms with Crippen molar-refractivity contribution in [1.82, 2.24) is 15.5 Å². The van der Waals surface area contributed by atoms with Gasteiger partial charge in [0, 0.05) is 11.1 Å². The third-order valence-electron chi connectivity index (χ3n) is 5.34. The van der Waals surface area contributed by atoms with Crippen molar-refractivity contribution in [2.24, 2.45) is 5.92 Å². The maximum atomic E-state index is 12.9. The van der Waals surface area contributed by atoms with E-state index in [1.807, 2.05) is 18.2 Å². The Morgan fingerprint density at radius 1 is 1.03 bits per heavy atom. The Bertz CT molecular complexity index is 1100. The SMILES string of the molecule is O=C(NC(c1ccc2c(c1)OCCO2)C1CC1)c1ccc(-c2noc(C(F)F)n2)cc1. The van der Waals surface area contributed by atoms with Crippen molar-refractivity contribution in [1.29, 1.82) is 0 Å². The monoisotopic (exact) mass is 427 g/mol. The zero-order chi connectivity index (χ0) is 21.4. The predicted molar refractivity (Wildman–Crippen MR) is 105 cm³/mol. The largest absolute Gasteiger partial charge is 0.486 e. The van der Waals surface area contributed by atoms with Crippen molar-refractivity contribution in [2.75, 3.05) is 13.2 Å². The average molecular weight is 427 g/mol. The quantitative estimate of drug-likeness (QED) is 0.630. The lowest BCUT2D eigenvalue weighted by Crippen LogP contribution is -2.30. The summed E-state index contributed by atoms with van der Waals surface area (Å²) in [6.07, 6.45) is -0.739. The second-order valence-corrected chi connectivity index (χ2v) is 7.53. The maximum absolute atomic E-state index is 12.9. The predicted octanol–water partition coefficient (Wildman–Crippen LogP) is 4.33. The normalized spacial score (nSPS) is 16.2. The molecule has 0 radical (unpaired) electrons. The van der Waals surface area contributed by atoms with Crippen molar-refractivity contribution in [3.8, 4) is 22.9 Å². The number of halogens is 2. The molecule has 0 spiro atoms. The van der Waals surface area contributed by atoms with Crippen molar-refractivity contribution >= 4 is 5.91 Å². The van der Waals surface area contributed by atoms with E-state index in [9.17, 15) is 13.6 Å². The van der Waals surface area contributed by atoms with Gasteiger partial charge in [-0.2, -0.15) is 13.8 Å². The molecule has 1 aromatic heterocycles. The van der Waals surface area contributed by atoms with Crippen LogP contribution in [-0.4, -0.2) is 29.3 Å². The average Bonchev–Trinajstić information content (AvgIpc) is 3.51. The van der Waals surface area contributed by atoms with Crippen LogP contribution in [0.2, 0.25) is 0 Å². The van der Waals surface area contributed by atoms with Crippen molar-refractivity contribution in [2.45, 2.75) is 25.3 Å². The number of amides is 1. The molecule has 1 aliphatic heterocycles. The van der Waals surface area contributed by atoms with E-state index in [1.165, 1.54) is 0 Å². The summed E-state index contributed by atoms with van der Waals surface area (Å²) in [5.41, 5.74) is 1.91. The zero-order valence-electron chi connectivity index (χ0n) is 16.4. The van der Waals surface area contributed by atoms with E-state index in [2.05, 4.69) is 20.0 Å². The number of fused-ring (bicyclic) bond motifs is 1. The first kappa shape index (κ1) is 19.5. The molecule has 1 aliphatic carbocycles. The fourth-order valence-electron chi connectivity index (χ4n) is 3.59. The van der Waals surface area contributed by atoms with Gasteiger partial charge in [0.1, 0.15) is 13.2 Å². The summed E-state index contributed by atoms with van der Waals surface area (Å²) in [7, 11) is 0. The molecule has 7 nitrogen and oxygen atoms in total. The molecule has 1 fully saturated rings. The topological polar surface area (TPSA) is 86.5 Å². The Morgan fingerprint density at radius 2 is 1.77 bits per heavy atom. The molecule has 1 unspecified atom stereocenters. The number of nitrogens with zero attached hydrogens (tertiary/aromatic N) is 2. The van der Waals surface area contributed by atoms with Crippen LogP contribution >= 0.6 is 0 Å². The van der Waals surface area contributed by atoms with E-state index >= 15 is 0 Å².